The van der Waals surface area contributed by atoms with Crippen molar-refractivity contribution in [2.24, 2.45) is 0 Å². The lowest BCUT2D eigenvalue weighted by molar-refractivity contribution is 0.305. The second kappa shape index (κ2) is 5.90. The summed E-state index contributed by atoms with van der Waals surface area (Å²) < 4.78 is 6.52. The first-order chi connectivity index (χ1) is 8.69. The van der Waals surface area contributed by atoms with Gasteiger partial charge < -0.3 is 4.74 Å². The van der Waals surface area contributed by atoms with Gasteiger partial charge in [-0.1, -0.05) is 39.7 Å². The predicted octanol–water partition coefficient (Wildman–Crippen LogP) is 4.55. The molecule has 0 fully saturated rings. The molecule has 0 spiro atoms. The highest BCUT2D eigenvalue weighted by atomic mass is 79.9. The topological polar surface area (TPSA) is 33.0 Å². The molecule has 18 heavy (non-hydrogen) atoms. The number of ether oxygens (including phenoxy) is 1. The maximum Gasteiger partial charge on any atom is 0.138 e. The third-order valence-electron chi connectivity index (χ3n) is 2.37. The van der Waals surface area contributed by atoms with E-state index in [4.69, 9.17) is 21.6 Å². The number of nitriles is 1. The molecule has 0 aliphatic heterocycles. The molecule has 0 radical (unpaired) electrons. The van der Waals surface area contributed by atoms with E-state index in [2.05, 4.69) is 22.0 Å². The average molecular weight is 323 g/mol. The Bertz CT molecular complexity index is 590. The van der Waals surface area contributed by atoms with Gasteiger partial charge in [0, 0.05) is 9.50 Å². The molecule has 0 aliphatic carbocycles. The molecule has 2 aromatic rings. The van der Waals surface area contributed by atoms with Gasteiger partial charge in [0.15, 0.2) is 0 Å². The van der Waals surface area contributed by atoms with Gasteiger partial charge in [0.05, 0.1) is 5.56 Å². The van der Waals surface area contributed by atoms with Gasteiger partial charge in [0.1, 0.15) is 18.4 Å². The minimum absolute atomic E-state index is 0.405. The first-order valence-electron chi connectivity index (χ1n) is 5.26. The zero-order chi connectivity index (χ0) is 13.0. The quantitative estimate of drug-likeness (QED) is 0.830. The van der Waals surface area contributed by atoms with Crippen molar-refractivity contribution in [3.63, 3.8) is 0 Å². The van der Waals surface area contributed by atoms with Crippen LogP contribution in [0.25, 0.3) is 0 Å². The molecule has 4 heteroatoms. The van der Waals surface area contributed by atoms with Crippen LogP contribution in [0.2, 0.25) is 5.02 Å². The molecule has 0 saturated carbocycles. The second-order valence-electron chi connectivity index (χ2n) is 3.67. The Hall–Kier alpha value is -1.50. The van der Waals surface area contributed by atoms with E-state index >= 15 is 0 Å². The van der Waals surface area contributed by atoms with E-state index in [0.29, 0.717) is 22.9 Å². The fourth-order valence-electron chi connectivity index (χ4n) is 1.45. The van der Waals surface area contributed by atoms with Gasteiger partial charge in [-0.2, -0.15) is 5.26 Å². The van der Waals surface area contributed by atoms with Crippen LogP contribution in [0, 0.1) is 11.3 Å². The zero-order valence-electron chi connectivity index (χ0n) is 9.36. The van der Waals surface area contributed by atoms with Gasteiger partial charge in [-0.15, -0.1) is 0 Å². The summed E-state index contributed by atoms with van der Waals surface area (Å²) in [5.74, 6) is 0.571. The van der Waals surface area contributed by atoms with Crippen LogP contribution in [0.1, 0.15) is 11.1 Å². The van der Waals surface area contributed by atoms with Crippen molar-refractivity contribution in [2.45, 2.75) is 6.61 Å². The van der Waals surface area contributed by atoms with Gasteiger partial charge in [-0.05, 0) is 35.9 Å². The van der Waals surface area contributed by atoms with Crippen LogP contribution in [0.15, 0.2) is 46.9 Å². The zero-order valence-corrected chi connectivity index (χ0v) is 11.7. The third-order valence-corrected chi connectivity index (χ3v) is 3.12. The molecular formula is C14H9BrClNO. The number of halogens is 2. The average Bonchev–Trinajstić information content (AvgIpc) is 2.38. The van der Waals surface area contributed by atoms with Crippen LogP contribution in [0.5, 0.6) is 5.75 Å². The van der Waals surface area contributed by atoms with E-state index in [1.165, 1.54) is 0 Å². The summed E-state index contributed by atoms with van der Waals surface area (Å²) in [6.45, 7) is 0.405. The molecule has 0 saturated heterocycles. The van der Waals surface area contributed by atoms with Crippen molar-refractivity contribution in [3.05, 3.63) is 63.1 Å². The molecule has 0 aliphatic rings. The molecule has 2 rings (SSSR count). The molecule has 0 unspecified atom stereocenters. The van der Waals surface area contributed by atoms with Crippen molar-refractivity contribution in [1.82, 2.24) is 0 Å². The molecule has 0 N–H and O–H groups in total. The number of rotatable bonds is 3. The van der Waals surface area contributed by atoms with Gasteiger partial charge in [0.25, 0.3) is 0 Å². The van der Waals surface area contributed by atoms with Gasteiger partial charge in [-0.3, -0.25) is 0 Å². The molecular weight excluding hydrogens is 314 g/mol. The van der Waals surface area contributed by atoms with Gasteiger partial charge >= 0.3 is 0 Å². The molecule has 2 nitrogen and oxygen atoms in total. The van der Waals surface area contributed by atoms with E-state index in [1.807, 2.05) is 30.3 Å². The fourth-order valence-corrected chi connectivity index (χ4v) is 1.92. The number of hydrogen-bond acceptors (Lipinski definition) is 2. The lowest BCUT2D eigenvalue weighted by Gasteiger charge is -2.08. The molecule has 90 valence electrons. The van der Waals surface area contributed by atoms with Crippen LogP contribution in [-0.4, -0.2) is 0 Å². The Kier molecular flexibility index (Phi) is 4.24. The molecule has 2 aromatic carbocycles. The summed E-state index contributed by atoms with van der Waals surface area (Å²) in [6, 6.07) is 14.8. The van der Waals surface area contributed by atoms with Crippen molar-refractivity contribution in [1.29, 1.82) is 5.26 Å². The lowest BCUT2D eigenvalue weighted by atomic mass is 10.2. The molecule has 0 aromatic heterocycles. The highest BCUT2D eigenvalue weighted by Crippen LogP contribution is 2.24. The van der Waals surface area contributed by atoms with Gasteiger partial charge in [-0.25, -0.2) is 0 Å². The summed E-state index contributed by atoms with van der Waals surface area (Å²) in [4.78, 5) is 0. The fraction of sp³-hybridized carbons (Fsp3) is 0.0714. The summed E-state index contributed by atoms with van der Waals surface area (Å²) in [6.07, 6.45) is 0. The SMILES string of the molecule is N#Cc1ccc(Br)cc1OCc1ccc(Cl)cc1. The molecule has 0 amide bonds. The van der Waals surface area contributed by atoms with E-state index in [0.717, 1.165) is 10.0 Å². The smallest absolute Gasteiger partial charge is 0.138 e. The molecule has 0 heterocycles. The van der Waals surface area contributed by atoms with Crippen molar-refractivity contribution in [2.75, 3.05) is 0 Å². The highest BCUT2D eigenvalue weighted by molar-refractivity contribution is 9.10. The van der Waals surface area contributed by atoms with E-state index in [9.17, 15) is 0 Å². The maximum atomic E-state index is 8.98. The van der Waals surface area contributed by atoms with Crippen LogP contribution in [0.3, 0.4) is 0 Å². The number of benzene rings is 2. The third kappa shape index (κ3) is 3.25. The minimum Gasteiger partial charge on any atom is -0.487 e. The first-order valence-corrected chi connectivity index (χ1v) is 6.43. The highest BCUT2D eigenvalue weighted by Gasteiger charge is 2.04. The number of nitrogens with zero attached hydrogens (tertiary/aromatic N) is 1. The Morgan fingerprint density at radius 2 is 1.89 bits per heavy atom. The summed E-state index contributed by atoms with van der Waals surface area (Å²) in [5, 5.41) is 9.67. The van der Waals surface area contributed by atoms with E-state index in [1.54, 1.807) is 12.1 Å². The summed E-state index contributed by atoms with van der Waals surface area (Å²) in [5.41, 5.74) is 1.52. The summed E-state index contributed by atoms with van der Waals surface area (Å²) >= 11 is 9.16. The monoisotopic (exact) mass is 321 g/mol. The lowest BCUT2D eigenvalue weighted by Crippen LogP contribution is -1.97. The Morgan fingerprint density at radius 1 is 1.17 bits per heavy atom. The normalized spacial score (nSPS) is 9.83. The largest absolute Gasteiger partial charge is 0.487 e. The summed E-state index contributed by atoms with van der Waals surface area (Å²) in [7, 11) is 0. The van der Waals surface area contributed by atoms with Crippen LogP contribution in [0.4, 0.5) is 0 Å². The number of hydrogen-bond donors (Lipinski definition) is 0. The Labute approximate surface area is 119 Å². The maximum absolute atomic E-state index is 8.98. The van der Waals surface area contributed by atoms with Crippen LogP contribution in [-0.2, 0) is 6.61 Å². The molecule has 0 bridgehead atoms. The van der Waals surface area contributed by atoms with E-state index in [-0.39, 0.29) is 0 Å². The van der Waals surface area contributed by atoms with Crippen molar-refractivity contribution < 1.29 is 4.74 Å². The van der Waals surface area contributed by atoms with Crippen LogP contribution < -0.4 is 4.74 Å². The first kappa shape index (κ1) is 12.9. The standard InChI is InChI=1S/C14H9BrClNO/c15-12-4-3-11(8-17)14(7-12)18-9-10-1-5-13(16)6-2-10/h1-7H,9H2. The predicted molar refractivity (Wildman–Crippen MR) is 74.6 cm³/mol. The van der Waals surface area contributed by atoms with E-state index < -0.39 is 0 Å². The van der Waals surface area contributed by atoms with Crippen molar-refractivity contribution >= 4 is 27.5 Å². The Balaban J connectivity index is 2.13. The van der Waals surface area contributed by atoms with Gasteiger partial charge in [0.2, 0.25) is 0 Å². The Morgan fingerprint density at radius 3 is 2.56 bits per heavy atom. The van der Waals surface area contributed by atoms with Crippen molar-refractivity contribution in [3.8, 4) is 11.8 Å². The van der Waals surface area contributed by atoms with Crippen LogP contribution >= 0.6 is 27.5 Å². The molecule has 0 atom stereocenters. The second-order valence-corrected chi connectivity index (χ2v) is 5.02. The minimum atomic E-state index is 0.405.